The van der Waals surface area contributed by atoms with Gasteiger partial charge in [-0.3, -0.25) is 9.59 Å². The number of carbonyl (C=O) groups excluding carboxylic acids is 1. The average molecular weight is 169 g/mol. The van der Waals surface area contributed by atoms with Crippen molar-refractivity contribution in [2.45, 2.75) is 12.8 Å². The molecule has 0 aliphatic carbocycles. The molecule has 0 aliphatic rings. The molecule has 0 aliphatic heterocycles. The van der Waals surface area contributed by atoms with Gasteiger partial charge in [0.1, 0.15) is 0 Å². The second-order valence-corrected chi connectivity index (χ2v) is 1.84. The first kappa shape index (κ1) is 10.2. The highest BCUT2D eigenvalue weighted by molar-refractivity contribution is 5.72. The quantitative estimate of drug-likeness (QED) is 0.374. The zero-order valence-electron chi connectivity index (χ0n) is 6.19. The van der Waals surface area contributed by atoms with Crippen molar-refractivity contribution in [3.05, 3.63) is 12.2 Å². The molecule has 0 aromatic rings. The van der Waals surface area contributed by atoms with Crippen molar-refractivity contribution in [2.24, 2.45) is 0 Å². The molecule has 0 heterocycles. The number of nitriles is 1. The average Bonchev–Trinajstić information content (AvgIpc) is 1.98. The monoisotopic (exact) mass is 169 g/mol. The highest BCUT2D eigenvalue weighted by Crippen LogP contribution is 1.90. The standard InChI is InChI=1S/C7H7NO4/c8-5-12-7(11)4-2-1-3-6(9)10/h1-2H,3-4H2,(H,9,10)/b2-1+. The fourth-order valence-electron chi connectivity index (χ4n) is 0.456. The molecule has 0 amide bonds. The largest absolute Gasteiger partial charge is 0.481 e. The molecular formula is C7H7NO4. The van der Waals surface area contributed by atoms with Crippen LogP contribution in [0, 0.1) is 11.5 Å². The van der Waals surface area contributed by atoms with Crippen LogP contribution < -0.4 is 0 Å². The molecule has 0 saturated heterocycles. The molecule has 0 radical (unpaired) electrons. The second kappa shape index (κ2) is 5.92. The number of carboxylic acids is 1. The molecule has 0 spiro atoms. The van der Waals surface area contributed by atoms with Crippen LogP contribution in [0.1, 0.15) is 12.8 Å². The lowest BCUT2D eigenvalue weighted by Gasteiger charge is -1.87. The van der Waals surface area contributed by atoms with Gasteiger partial charge in [-0.15, -0.1) is 5.26 Å². The molecule has 0 bridgehead atoms. The van der Waals surface area contributed by atoms with Crippen molar-refractivity contribution < 1.29 is 19.4 Å². The molecule has 5 nitrogen and oxygen atoms in total. The lowest BCUT2D eigenvalue weighted by Crippen LogP contribution is -1.97. The van der Waals surface area contributed by atoms with Gasteiger partial charge in [0, 0.05) is 0 Å². The van der Waals surface area contributed by atoms with Crippen LogP contribution in [0.3, 0.4) is 0 Å². The Kier molecular flexibility index (Phi) is 5.02. The van der Waals surface area contributed by atoms with E-state index in [1.807, 2.05) is 0 Å². The van der Waals surface area contributed by atoms with Crippen LogP contribution in [0.15, 0.2) is 12.2 Å². The van der Waals surface area contributed by atoms with Gasteiger partial charge in [0.2, 0.25) is 0 Å². The molecule has 0 fully saturated rings. The lowest BCUT2D eigenvalue weighted by molar-refractivity contribution is -0.137. The summed E-state index contributed by atoms with van der Waals surface area (Å²) in [7, 11) is 0. The summed E-state index contributed by atoms with van der Waals surface area (Å²) >= 11 is 0. The van der Waals surface area contributed by atoms with Gasteiger partial charge in [-0.2, -0.15) is 0 Å². The Bertz CT molecular complexity index is 238. The maximum Gasteiger partial charge on any atom is 0.325 e. The molecule has 12 heavy (non-hydrogen) atoms. The minimum absolute atomic E-state index is 0.0825. The van der Waals surface area contributed by atoms with Gasteiger partial charge < -0.3 is 9.84 Å². The van der Waals surface area contributed by atoms with E-state index in [0.717, 1.165) is 0 Å². The van der Waals surface area contributed by atoms with Crippen molar-refractivity contribution in [2.75, 3.05) is 0 Å². The van der Waals surface area contributed by atoms with E-state index >= 15 is 0 Å². The van der Waals surface area contributed by atoms with Gasteiger partial charge in [0.05, 0.1) is 12.8 Å². The first-order valence-electron chi connectivity index (χ1n) is 3.12. The number of hydrogen-bond donors (Lipinski definition) is 1. The topological polar surface area (TPSA) is 87.4 Å². The summed E-state index contributed by atoms with van der Waals surface area (Å²) in [5.41, 5.74) is 0. The van der Waals surface area contributed by atoms with E-state index in [4.69, 9.17) is 10.4 Å². The Morgan fingerprint density at radius 3 is 2.50 bits per heavy atom. The Balaban J connectivity index is 3.55. The second-order valence-electron chi connectivity index (χ2n) is 1.84. The van der Waals surface area contributed by atoms with E-state index in [0.29, 0.717) is 0 Å². The lowest BCUT2D eigenvalue weighted by atomic mass is 10.3. The summed E-state index contributed by atoms with van der Waals surface area (Å²) in [6.07, 6.45) is 3.66. The van der Waals surface area contributed by atoms with Gasteiger partial charge in [-0.1, -0.05) is 12.2 Å². The molecule has 1 N–H and O–H groups in total. The van der Waals surface area contributed by atoms with E-state index in [-0.39, 0.29) is 12.8 Å². The molecular weight excluding hydrogens is 162 g/mol. The number of nitrogens with zero attached hydrogens (tertiary/aromatic N) is 1. The first-order chi connectivity index (χ1) is 5.66. The summed E-state index contributed by atoms with van der Waals surface area (Å²) in [6, 6.07) is 0. The zero-order valence-corrected chi connectivity index (χ0v) is 6.19. The van der Waals surface area contributed by atoms with Gasteiger partial charge >= 0.3 is 11.9 Å². The number of hydrogen-bond acceptors (Lipinski definition) is 4. The molecule has 0 saturated carbocycles. The van der Waals surface area contributed by atoms with E-state index in [1.165, 1.54) is 18.4 Å². The Labute approximate surface area is 68.9 Å². The van der Waals surface area contributed by atoms with Gasteiger partial charge in [0.15, 0.2) is 0 Å². The van der Waals surface area contributed by atoms with Crippen molar-refractivity contribution in [3.63, 3.8) is 0 Å². The van der Waals surface area contributed by atoms with Crippen molar-refractivity contribution >= 4 is 11.9 Å². The maximum atomic E-state index is 10.4. The molecule has 0 unspecified atom stereocenters. The third kappa shape index (κ3) is 6.29. The molecule has 5 heteroatoms. The summed E-state index contributed by atoms with van der Waals surface area (Å²) < 4.78 is 3.92. The number of esters is 1. The van der Waals surface area contributed by atoms with E-state index in [9.17, 15) is 9.59 Å². The van der Waals surface area contributed by atoms with Crippen LogP contribution in [-0.4, -0.2) is 17.0 Å². The van der Waals surface area contributed by atoms with E-state index in [1.54, 1.807) is 0 Å². The molecule has 0 atom stereocenters. The number of carboxylic acid groups (broad SMARTS) is 1. The van der Waals surface area contributed by atoms with Crippen molar-refractivity contribution in [1.82, 2.24) is 0 Å². The first-order valence-corrected chi connectivity index (χ1v) is 3.12. The van der Waals surface area contributed by atoms with Gasteiger partial charge in [-0.05, 0) is 0 Å². The predicted octanol–water partition coefficient (Wildman–Crippen LogP) is 0.432. The minimum Gasteiger partial charge on any atom is -0.481 e. The van der Waals surface area contributed by atoms with Crippen LogP contribution in [0.2, 0.25) is 0 Å². The fourth-order valence-corrected chi connectivity index (χ4v) is 0.456. The zero-order chi connectivity index (χ0) is 9.40. The third-order valence-corrected chi connectivity index (χ3v) is 0.903. The number of rotatable bonds is 4. The molecule has 0 aromatic heterocycles. The number of aliphatic carboxylic acids is 1. The Morgan fingerprint density at radius 2 is 2.00 bits per heavy atom. The van der Waals surface area contributed by atoms with E-state index in [2.05, 4.69) is 4.74 Å². The third-order valence-electron chi connectivity index (χ3n) is 0.903. The van der Waals surface area contributed by atoms with Crippen molar-refractivity contribution in [3.8, 4) is 6.26 Å². The number of ether oxygens (including phenoxy) is 1. The normalized spacial score (nSPS) is 9.25. The highest BCUT2D eigenvalue weighted by Gasteiger charge is 1.97. The molecule has 0 rings (SSSR count). The van der Waals surface area contributed by atoms with Crippen LogP contribution in [0.25, 0.3) is 0 Å². The molecule has 0 aromatic carbocycles. The summed E-state index contributed by atoms with van der Waals surface area (Å²) in [4.78, 5) is 20.4. The van der Waals surface area contributed by atoms with Crippen LogP contribution >= 0.6 is 0 Å². The molecule has 64 valence electrons. The summed E-state index contributed by atoms with van der Waals surface area (Å²) in [6.45, 7) is 0. The minimum atomic E-state index is -0.972. The predicted molar refractivity (Wildman–Crippen MR) is 37.7 cm³/mol. The van der Waals surface area contributed by atoms with Crippen LogP contribution in [0.5, 0.6) is 0 Å². The van der Waals surface area contributed by atoms with Gasteiger partial charge in [-0.25, -0.2) is 0 Å². The van der Waals surface area contributed by atoms with Gasteiger partial charge in [0.25, 0.3) is 6.26 Å². The van der Waals surface area contributed by atoms with Crippen LogP contribution in [-0.2, 0) is 14.3 Å². The van der Waals surface area contributed by atoms with Crippen LogP contribution in [0.4, 0.5) is 0 Å². The fraction of sp³-hybridized carbons (Fsp3) is 0.286. The SMILES string of the molecule is N#COC(=O)C/C=C/CC(=O)O. The van der Waals surface area contributed by atoms with E-state index < -0.39 is 11.9 Å². The highest BCUT2D eigenvalue weighted by atomic mass is 16.5. The Hall–Kier alpha value is -1.83. The smallest absolute Gasteiger partial charge is 0.325 e. The summed E-state index contributed by atoms with van der Waals surface area (Å²) in [5, 5.41) is 16.0. The maximum absolute atomic E-state index is 10.4. The van der Waals surface area contributed by atoms with Crippen molar-refractivity contribution in [1.29, 1.82) is 5.26 Å². The Morgan fingerprint density at radius 1 is 1.42 bits per heavy atom. The number of carbonyl (C=O) groups is 2. The summed E-state index contributed by atoms with van der Waals surface area (Å²) in [5.74, 6) is -1.67.